The number of ether oxygens (including phenoxy) is 1. The van der Waals surface area contributed by atoms with Crippen molar-refractivity contribution in [2.45, 2.75) is 13.1 Å². The van der Waals surface area contributed by atoms with Gasteiger partial charge in [-0.05, 0) is 43.3 Å². The molecular formula is C19H16F3N3O4. The van der Waals surface area contributed by atoms with Crippen LogP contribution >= 0.6 is 0 Å². The molecular weight excluding hydrogens is 391 g/mol. The van der Waals surface area contributed by atoms with Crippen molar-refractivity contribution in [3.63, 3.8) is 0 Å². The molecule has 0 radical (unpaired) electrons. The highest BCUT2D eigenvalue weighted by Crippen LogP contribution is 2.35. The second-order valence-electron chi connectivity index (χ2n) is 6.02. The van der Waals surface area contributed by atoms with E-state index >= 15 is 0 Å². The van der Waals surface area contributed by atoms with Gasteiger partial charge in [0.15, 0.2) is 0 Å². The lowest BCUT2D eigenvalue weighted by atomic mass is 10.1. The van der Waals surface area contributed by atoms with Crippen molar-refractivity contribution >= 4 is 28.5 Å². The fourth-order valence-corrected chi connectivity index (χ4v) is 2.93. The Morgan fingerprint density at radius 3 is 2.55 bits per heavy atom. The summed E-state index contributed by atoms with van der Waals surface area (Å²) in [7, 11) is 0. The fourth-order valence-electron chi connectivity index (χ4n) is 2.93. The minimum Gasteiger partial charge on any atom is -0.494 e. The molecule has 1 heterocycles. The van der Waals surface area contributed by atoms with Crippen molar-refractivity contribution in [1.82, 2.24) is 4.57 Å². The van der Waals surface area contributed by atoms with E-state index in [2.05, 4.69) is 5.32 Å². The Balaban J connectivity index is 2.08. The van der Waals surface area contributed by atoms with E-state index in [1.165, 1.54) is 24.3 Å². The summed E-state index contributed by atoms with van der Waals surface area (Å²) in [5.41, 5.74) is 4.03. The number of hydrogen-bond donors (Lipinski definition) is 3. The van der Waals surface area contributed by atoms with Gasteiger partial charge in [-0.3, -0.25) is 4.79 Å². The number of benzene rings is 2. The Bertz CT molecular complexity index is 1110. The van der Waals surface area contributed by atoms with Crippen molar-refractivity contribution in [1.29, 1.82) is 0 Å². The van der Waals surface area contributed by atoms with Gasteiger partial charge in [-0.2, -0.15) is 13.2 Å². The molecule has 29 heavy (non-hydrogen) atoms. The third-order valence-corrected chi connectivity index (χ3v) is 4.12. The van der Waals surface area contributed by atoms with Gasteiger partial charge in [0.05, 0.1) is 17.7 Å². The van der Waals surface area contributed by atoms with Crippen LogP contribution in [0, 0.1) is 0 Å². The lowest BCUT2D eigenvalue weighted by molar-refractivity contribution is -0.137. The summed E-state index contributed by atoms with van der Waals surface area (Å²) in [5.74, 6) is -1.28. The zero-order valence-corrected chi connectivity index (χ0v) is 15.1. The number of primary amides is 1. The molecule has 0 unspecified atom stereocenters. The van der Waals surface area contributed by atoms with E-state index in [-0.39, 0.29) is 22.2 Å². The number of carbonyl (C=O) groups excluding carboxylic acids is 2. The summed E-state index contributed by atoms with van der Waals surface area (Å²) in [4.78, 5) is 24.5. The molecule has 0 aliphatic carbocycles. The molecule has 1 aromatic heterocycles. The van der Waals surface area contributed by atoms with Crippen LogP contribution in [-0.4, -0.2) is 28.2 Å². The predicted octanol–water partition coefficient (Wildman–Crippen LogP) is 3.94. The van der Waals surface area contributed by atoms with E-state index in [4.69, 9.17) is 10.5 Å². The van der Waals surface area contributed by atoms with Crippen molar-refractivity contribution < 1.29 is 32.6 Å². The fraction of sp³-hybridized carbons (Fsp3) is 0.158. The number of anilines is 1. The van der Waals surface area contributed by atoms with Crippen LogP contribution in [0.15, 0.2) is 42.5 Å². The van der Waals surface area contributed by atoms with E-state index in [1.807, 2.05) is 0 Å². The number of aromatic nitrogens is 1. The number of hydrogen-bond acceptors (Lipinski definition) is 4. The maximum Gasteiger partial charge on any atom is 0.416 e. The maximum atomic E-state index is 12.9. The zero-order chi connectivity index (χ0) is 21.3. The van der Waals surface area contributed by atoms with Crippen LogP contribution in [-0.2, 0) is 6.18 Å². The minimum atomic E-state index is -4.59. The molecule has 0 saturated heterocycles. The number of aromatic hydroxyl groups is 1. The molecule has 0 aliphatic rings. The van der Waals surface area contributed by atoms with E-state index < -0.39 is 29.6 Å². The summed E-state index contributed by atoms with van der Waals surface area (Å²) in [5, 5.41) is 12.9. The molecule has 2 aromatic carbocycles. The van der Waals surface area contributed by atoms with Gasteiger partial charge in [-0.15, -0.1) is 0 Å². The standard InChI is InChI=1S/C19H16F3N3O4/c1-2-29-12-6-7-14-13(9-12)15(17(27)25(14)18(23)28)16(26)24-11-5-3-4-10(8-11)19(20,21)22/h3-9,27H,2H2,1H3,(H2,23,28)(H,24,26). The van der Waals surface area contributed by atoms with E-state index in [9.17, 15) is 27.9 Å². The summed E-state index contributed by atoms with van der Waals surface area (Å²) in [6.45, 7) is 2.08. The topological polar surface area (TPSA) is 107 Å². The highest BCUT2D eigenvalue weighted by molar-refractivity contribution is 6.17. The van der Waals surface area contributed by atoms with Crippen LogP contribution in [0.4, 0.5) is 23.7 Å². The van der Waals surface area contributed by atoms with Crippen molar-refractivity contribution in [2.24, 2.45) is 5.73 Å². The van der Waals surface area contributed by atoms with Crippen molar-refractivity contribution in [3.05, 3.63) is 53.6 Å². The molecule has 7 nitrogen and oxygen atoms in total. The molecule has 0 fully saturated rings. The number of halogens is 3. The second kappa shape index (κ2) is 7.38. The predicted molar refractivity (Wildman–Crippen MR) is 99.2 cm³/mol. The van der Waals surface area contributed by atoms with Crippen LogP contribution in [0.2, 0.25) is 0 Å². The molecule has 4 N–H and O–H groups in total. The third-order valence-electron chi connectivity index (χ3n) is 4.12. The number of nitrogens with two attached hydrogens (primary N) is 1. The molecule has 0 spiro atoms. The summed E-state index contributed by atoms with van der Waals surface area (Å²) in [6, 6.07) is 7.38. The van der Waals surface area contributed by atoms with E-state index in [1.54, 1.807) is 6.92 Å². The first kappa shape index (κ1) is 20.1. The molecule has 2 amide bonds. The first-order valence-electron chi connectivity index (χ1n) is 8.42. The maximum absolute atomic E-state index is 12.9. The molecule has 0 aliphatic heterocycles. The second-order valence-corrected chi connectivity index (χ2v) is 6.02. The van der Waals surface area contributed by atoms with Gasteiger partial charge in [-0.1, -0.05) is 6.07 Å². The lowest BCUT2D eigenvalue weighted by Crippen LogP contribution is -2.19. The normalized spacial score (nSPS) is 11.4. The Morgan fingerprint density at radius 1 is 1.21 bits per heavy atom. The number of alkyl halides is 3. The van der Waals surface area contributed by atoms with Crippen LogP contribution in [0.5, 0.6) is 11.6 Å². The Labute approximate surface area is 162 Å². The number of nitrogens with one attached hydrogen (secondary N) is 1. The highest BCUT2D eigenvalue weighted by Gasteiger charge is 2.31. The SMILES string of the molecule is CCOc1ccc2c(c1)c(C(=O)Nc1cccc(C(F)(F)F)c1)c(O)n2C(N)=O. The quantitative estimate of drug-likeness (QED) is 0.609. The number of nitrogens with zero attached hydrogens (tertiary/aromatic N) is 1. The number of fused-ring (bicyclic) bond motifs is 1. The lowest BCUT2D eigenvalue weighted by Gasteiger charge is -2.10. The average molecular weight is 407 g/mol. The number of rotatable bonds is 4. The van der Waals surface area contributed by atoms with Gasteiger partial charge >= 0.3 is 12.2 Å². The van der Waals surface area contributed by atoms with Gasteiger partial charge < -0.3 is 20.9 Å². The van der Waals surface area contributed by atoms with Crippen LogP contribution < -0.4 is 15.8 Å². The van der Waals surface area contributed by atoms with E-state index in [0.717, 1.165) is 22.8 Å². The third kappa shape index (κ3) is 3.82. The van der Waals surface area contributed by atoms with Crippen LogP contribution in [0.3, 0.4) is 0 Å². The van der Waals surface area contributed by atoms with Crippen LogP contribution in [0.25, 0.3) is 10.9 Å². The first-order chi connectivity index (χ1) is 13.6. The summed E-state index contributed by atoms with van der Waals surface area (Å²) >= 11 is 0. The number of carbonyl (C=O) groups is 2. The molecule has 152 valence electrons. The van der Waals surface area contributed by atoms with Gasteiger partial charge in [0, 0.05) is 11.1 Å². The molecule has 3 aromatic rings. The Kier molecular flexibility index (Phi) is 5.10. The molecule has 10 heteroatoms. The highest BCUT2D eigenvalue weighted by atomic mass is 19.4. The first-order valence-corrected chi connectivity index (χ1v) is 8.42. The molecule has 0 atom stereocenters. The molecule has 0 saturated carbocycles. The van der Waals surface area contributed by atoms with Gasteiger partial charge in [-0.25, -0.2) is 9.36 Å². The zero-order valence-electron chi connectivity index (χ0n) is 15.1. The minimum absolute atomic E-state index is 0.134. The van der Waals surface area contributed by atoms with Gasteiger partial charge in [0.25, 0.3) is 5.91 Å². The smallest absolute Gasteiger partial charge is 0.416 e. The van der Waals surface area contributed by atoms with Crippen LogP contribution in [0.1, 0.15) is 22.8 Å². The number of amides is 2. The summed E-state index contributed by atoms with van der Waals surface area (Å²) < 4.78 is 44.8. The largest absolute Gasteiger partial charge is 0.494 e. The average Bonchev–Trinajstić information content (AvgIpc) is 2.93. The van der Waals surface area contributed by atoms with Gasteiger partial charge in [0.2, 0.25) is 5.88 Å². The summed E-state index contributed by atoms with van der Waals surface area (Å²) in [6.07, 6.45) is -4.59. The molecule has 0 bridgehead atoms. The Hall–Kier alpha value is -3.69. The van der Waals surface area contributed by atoms with Crippen molar-refractivity contribution in [3.8, 4) is 11.6 Å². The van der Waals surface area contributed by atoms with Gasteiger partial charge in [0.1, 0.15) is 11.3 Å². The Morgan fingerprint density at radius 2 is 1.93 bits per heavy atom. The monoisotopic (exact) mass is 407 g/mol. The van der Waals surface area contributed by atoms with Crippen molar-refractivity contribution in [2.75, 3.05) is 11.9 Å². The van der Waals surface area contributed by atoms with E-state index in [0.29, 0.717) is 12.4 Å². The molecule has 3 rings (SSSR count).